The number of fused-ring (bicyclic) bond motifs is 1. The number of nitrogens with zero attached hydrogens (tertiary/aromatic N) is 1. The van der Waals surface area contributed by atoms with E-state index in [4.69, 9.17) is 0 Å². The topological polar surface area (TPSA) is 71.1 Å². The van der Waals surface area contributed by atoms with Gasteiger partial charge in [0.15, 0.2) is 0 Å². The SMILES string of the molecule is CCc1ccc2ccc(NC3CCC(=O)NC3=O)cc2n1. The van der Waals surface area contributed by atoms with Gasteiger partial charge in [0.05, 0.1) is 5.52 Å². The van der Waals surface area contributed by atoms with E-state index < -0.39 is 0 Å². The Balaban J connectivity index is 1.83. The summed E-state index contributed by atoms with van der Waals surface area (Å²) in [6.45, 7) is 2.07. The molecule has 1 aromatic heterocycles. The van der Waals surface area contributed by atoms with E-state index in [0.717, 1.165) is 28.7 Å². The van der Waals surface area contributed by atoms with Crippen LogP contribution in [0.5, 0.6) is 0 Å². The van der Waals surface area contributed by atoms with Crippen LogP contribution in [0, 0.1) is 0 Å². The number of benzene rings is 1. The van der Waals surface area contributed by atoms with Crippen LogP contribution in [0.3, 0.4) is 0 Å². The first-order valence-corrected chi connectivity index (χ1v) is 7.15. The van der Waals surface area contributed by atoms with E-state index in [1.54, 1.807) is 0 Å². The third kappa shape index (κ3) is 2.86. The van der Waals surface area contributed by atoms with Crippen molar-refractivity contribution in [1.82, 2.24) is 10.3 Å². The lowest BCUT2D eigenvalue weighted by molar-refractivity contribution is -0.133. The number of carbonyl (C=O) groups excluding carboxylic acids is 2. The Morgan fingerprint density at radius 1 is 1.29 bits per heavy atom. The first-order chi connectivity index (χ1) is 10.2. The minimum absolute atomic E-state index is 0.203. The van der Waals surface area contributed by atoms with Gasteiger partial charge in [0.25, 0.3) is 0 Å². The number of imide groups is 1. The first kappa shape index (κ1) is 13.5. The van der Waals surface area contributed by atoms with Crippen LogP contribution in [0.4, 0.5) is 5.69 Å². The molecular weight excluding hydrogens is 266 g/mol. The molecule has 1 fully saturated rings. The van der Waals surface area contributed by atoms with Gasteiger partial charge in [-0.3, -0.25) is 19.9 Å². The molecular formula is C16H17N3O2. The molecule has 0 saturated carbocycles. The molecule has 0 bridgehead atoms. The number of amides is 2. The van der Waals surface area contributed by atoms with Crippen molar-refractivity contribution in [2.24, 2.45) is 0 Å². The Bertz CT molecular complexity index is 712. The Labute approximate surface area is 122 Å². The Kier molecular flexibility index (Phi) is 3.56. The van der Waals surface area contributed by atoms with Crippen molar-refractivity contribution in [2.45, 2.75) is 32.2 Å². The van der Waals surface area contributed by atoms with Gasteiger partial charge in [-0.2, -0.15) is 0 Å². The highest BCUT2D eigenvalue weighted by atomic mass is 16.2. The van der Waals surface area contributed by atoms with Gasteiger partial charge in [-0.15, -0.1) is 0 Å². The van der Waals surface area contributed by atoms with E-state index >= 15 is 0 Å². The number of nitrogens with one attached hydrogen (secondary N) is 2. The summed E-state index contributed by atoms with van der Waals surface area (Å²) in [5, 5.41) is 6.60. The van der Waals surface area contributed by atoms with E-state index in [0.29, 0.717) is 12.8 Å². The fraction of sp³-hybridized carbons (Fsp3) is 0.312. The number of pyridine rings is 1. The lowest BCUT2D eigenvalue weighted by atomic mass is 10.1. The monoisotopic (exact) mass is 283 g/mol. The molecule has 1 saturated heterocycles. The number of piperidine rings is 1. The molecule has 0 aliphatic carbocycles. The van der Waals surface area contributed by atoms with Gasteiger partial charge in [0.1, 0.15) is 6.04 Å². The predicted octanol–water partition coefficient (Wildman–Crippen LogP) is 2.01. The Morgan fingerprint density at radius 3 is 2.86 bits per heavy atom. The molecule has 1 aliphatic rings. The minimum Gasteiger partial charge on any atom is -0.374 e. The van der Waals surface area contributed by atoms with Crippen LogP contribution in [0.1, 0.15) is 25.5 Å². The Morgan fingerprint density at radius 2 is 2.10 bits per heavy atom. The summed E-state index contributed by atoms with van der Waals surface area (Å²) in [5.41, 5.74) is 2.80. The second-order valence-electron chi connectivity index (χ2n) is 5.21. The van der Waals surface area contributed by atoms with Gasteiger partial charge >= 0.3 is 0 Å². The van der Waals surface area contributed by atoms with Gasteiger partial charge in [-0.25, -0.2) is 0 Å². The maximum atomic E-state index is 11.8. The number of aromatic nitrogens is 1. The summed E-state index contributed by atoms with van der Waals surface area (Å²) in [6, 6.07) is 9.56. The zero-order chi connectivity index (χ0) is 14.8. The molecule has 1 unspecified atom stereocenters. The van der Waals surface area contributed by atoms with Gasteiger partial charge in [0, 0.05) is 23.2 Å². The predicted molar refractivity (Wildman–Crippen MR) is 80.9 cm³/mol. The summed E-state index contributed by atoms with van der Waals surface area (Å²) in [6.07, 6.45) is 1.78. The first-order valence-electron chi connectivity index (χ1n) is 7.15. The van der Waals surface area contributed by atoms with E-state index in [1.165, 1.54) is 0 Å². The average Bonchev–Trinajstić information content (AvgIpc) is 2.49. The second-order valence-corrected chi connectivity index (χ2v) is 5.21. The number of hydrogen-bond donors (Lipinski definition) is 2. The molecule has 0 spiro atoms. The largest absolute Gasteiger partial charge is 0.374 e. The third-order valence-electron chi connectivity index (χ3n) is 3.69. The number of hydrogen-bond acceptors (Lipinski definition) is 4. The third-order valence-corrected chi connectivity index (χ3v) is 3.69. The summed E-state index contributed by atoms with van der Waals surface area (Å²) < 4.78 is 0. The lowest BCUT2D eigenvalue weighted by Crippen LogP contribution is -2.47. The molecule has 2 N–H and O–H groups in total. The average molecular weight is 283 g/mol. The quantitative estimate of drug-likeness (QED) is 0.845. The smallest absolute Gasteiger partial charge is 0.249 e. The van der Waals surface area contributed by atoms with Crippen molar-refractivity contribution >= 4 is 28.4 Å². The van der Waals surface area contributed by atoms with Crippen LogP contribution < -0.4 is 10.6 Å². The second kappa shape index (κ2) is 5.52. The molecule has 3 rings (SSSR count). The molecule has 2 heterocycles. The number of anilines is 1. The fourth-order valence-electron chi connectivity index (χ4n) is 2.48. The van der Waals surface area contributed by atoms with Crippen LogP contribution >= 0.6 is 0 Å². The molecule has 5 heteroatoms. The fourth-order valence-corrected chi connectivity index (χ4v) is 2.48. The maximum absolute atomic E-state index is 11.8. The van der Waals surface area contributed by atoms with Gasteiger partial charge in [-0.05, 0) is 31.0 Å². The number of rotatable bonds is 3. The summed E-state index contributed by atoms with van der Waals surface area (Å²) in [7, 11) is 0. The van der Waals surface area contributed by atoms with Crippen molar-refractivity contribution in [3.05, 3.63) is 36.0 Å². The molecule has 2 amide bonds. The summed E-state index contributed by atoms with van der Waals surface area (Å²) in [5.74, 6) is -0.465. The summed E-state index contributed by atoms with van der Waals surface area (Å²) in [4.78, 5) is 27.5. The standard InChI is InChI=1S/C16H17N3O2/c1-2-11-5-3-10-4-6-12(9-14(10)17-11)18-13-7-8-15(20)19-16(13)21/h3-6,9,13,18H,2,7-8H2,1H3,(H,19,20,21). The zero-order valence-electron chi connectivity index (χ0n) is 11.8. The zero-order valence-corrected chi connectivity index (χ0v) is 11.8. The van der Waals surface area contributed by atoms with E-state index in [2.05, 4.69) is 28.6 Å². The number of carbonyl (C=O) groups is 2. The molecule has 5 nitrogen and oxygen atoms in total. The van der Waals surface area contributed by atoms with Crippen LogP contribution in [0.25, 0.3) is 10.9 Å². The molecule has 2 aromatic rings. The van der Waals surface area contributed by atoms with Gasteiger partial charge in [0.2, 0.25) is 11.8 Å². The van der Waals surface area contributed by atoms with Gasteiger partial charge in [-0.1, -0.05) is 19.1 Å². The van der Waals surface area contributed by atoms with E-state index in [-0.39, 0.29) is 17.9 Å². The normalized spacial score (nSPS) is 18.6. The van der Waals surface area contributed by atoms with E-state index in [1.807, 2.05) is 24.3 Å². The highest BCUT2D eigenvalue weighted by Crippen LogP contribution is 2.20. The van der Waals surface area contributed by atoms with Crippen molar-refractivity contribution in [1.29, 1.82) is 0 Å². The van der Waals surface area contributed by atoms with Crippen molar-refractivity contribution in [3.63, 3.8) is 0 Å². The van der Waals surface area contributed by atoms with Crippen molar-refractivity contribution in [2.75, 3.05) is 5.32 Å². The van der Waals surface area contributed by atoms with Crippen molar-refractivity contribution in [3.8, 4) is 0 Å². The van der Waals surface area contributed by atoms with Gasteiger partial charge < -0.3 is 5.32 Å². The highest BCUT2D eigenvalue weighted by Gasteiger charge is 2.26. The van der Waals surface area contributed by atoms with Crippen LogP contribution in [-0.2, 0) is 16.0 Å². The molecule has 1 aromatic carbocycles. The molecule has 21 heavy (non-hydrogen) atoms. The van der Waals surface area contributed by atoms with Crippen LogP contribution in [0.2, 0.25) is 0 Å². The number of aryl methyl sites for hydroxylation is 1. The van der Waals surface area contributed by atoms with Crippen LogP contribution in [-0.4, -0.2) is 22.8 Å². The molecule has 1 aliphatic heterocycles. The molecule has 108 valence electrons. The molecule has 0 radical (unpaired) electrons. The highest BCUT2D eigenvalue weighted by molar-refractivity contribution is 6.01. The summed E-state index contributed by atoms with van der Waals surface area (Å²) >= 11 is 0. The molecule has 1 atom stereocenters. The maximum Gasteiger partial charge on any atom is 0.249 e. The Hall–Kier alpha value is -2.43. The van der Waals surface area contributed by atoms with Crippen molar-refractivity contribution < 1.29 is 9.59 Å². The van der Waals surface area contributed by atoms with E-state index in [9.17, 15) is 9.59 Å². The van der Waals surface area contributed by atoms with Crippen LogP contribution in [0.15, 0.2) is 30.3 Å². The minimum atomic E-state index is -0.366. The lowest BCUT2D eigenvalue weighted by Gasteiger charge is -2.22.